The summed E-state index contributed by atoms with van der Waals surface area (Å²) in [5.41, 5.74) is 3.62. The van der Waals surface area contributed by atoms with E-state index in [0.29, 0.717) is 6.54 Å². The van der Waals surface area contributed by atoms with Crippen LogP contribution in [-0.2, 0) is 29.1 Å². The van der Waals surface area contributed by atoms with Crippen molar-refractivity contribution in [3.8, 4) is 0 Å². The van der Waals surface area contributed by atoms with E-state index in [1.807, 2.05) is 36.4 Å². The SMILES string of the molecule is CCn1c(CNC(=O)Cc2ccc(NC(C)=O)cc2)nc2ccccc21. The van der Waals surface area contributed by atoms with Gasteiger partial charge in [-0.05, 0) is 36.8 Å². The number of para-hydroxylation sites is 2. The Kier molecular flexibility index (Phi) is 5.31. The van der Waals surface area contributed by atoms with Crippen LogP contribution in [0, 0.1) is 0 Å². The van der Waals surface area contributed by atoms with Gasteiger partial charge in [-0.25, -0.2) is 4.98 Å². The monoisotopic (exact) mass is 350 g/mol. The summed E-state index contributed by atoms with van der Waals surface area (Å²) in [6.07, 6.45) is 0.284. The zero-order chi connectivity index (χ0) is 18.5. The third-order valence-corrected chi connectivity index (χ3v) is 4.13. The van der Waals surface area contributed by atoms with Crippen LogP contribution in [0.1, 0.15) is 25.2 Å². The van der Waals surface area contributed by atoms with E-state index in [0.717, 1.165) is 34.7 Å². The third-order valence-electron chi connectivity index (χ3n) is 4.13. The molecule has 0 saturated carbocycles. The highest BCUT2D eigenvalue weighted by Crippen LogP contribution is 2.16. The highest BCUT2D eigenvalue weighted by molar-refractivity contribution is 5.88. The van der Waals surface area contributed by atoms with Gasteiger partial charge in [0.05, 0.1) is 24.0 Å². The molecule has 2 amide bonds. The predicted octanol–water partition coefficient (Wildman–Crippen LogP) is 2.87. The lowest BCUT2D eigenvalue weighted by Crippen LogP contribution is -2.26. The molecule has 26 heavy (non-hydrogen) atoms. The van der Waals surface area contributed by atoms with Crippen molar-refractivity contribution in [2.75, 3.05) is 5.32 Å². The fourth-order valence-electron chi connectivity index (χ4n) is 2.95. The molecular formula is C20H22N4O2. The highest BCUT2D eigenvalue weighted by Gasteiger charge is 2.10. The van der Waals surface area contributed by atoms with Gasteiger partial charge in [-0.3, -0.25) is 9.59 Å². The van der Waals surface area contributed by atoms with Gasteiger partial charge in [-0.1, -0.05) is 24.3 Å². The molecule has 0 aliphatic carbocycles. The van der Waals surface area contributed by atoms with E-state index < -0.39 is 0 Å². The normalized spacial score (nSPS) is 10.7. The number of rotatable bonds is 6. The van der Waals surface area contributed by atoms with Gasteiger partial charge < -0.3 is 15.2 Å². The Morgan fingerprint density at radius 1 is 1.08 bits per heavy atom. The minimum Gasteiger partial charge on any atom is -0.349 e. The second-order valence-electron chi connectivity index (χ2n) is 6.09. The molecule has 3 aromatic rings. The molecule has 0 saturated heterocycles. The second-order valence-corrected chi connectivity index (χ2v) is 6.09. The summed E-state index contributed by atoms with van der Waals surface area (Å²) in [6, 6.07) is 15.2. The van der Waals surface area contributed by atoms with E-state index in [4.69, 9.17) is 0 Å². The largest absolute Gasteiger partial charge is 0.349 e. The Morgan fingerprint density at radius 3 is 2.50 bits per heavy atom. The Bertz CT molecular complexity index is 929. The number of carbonyl (C=O) groups excluding carboxylic acids is 2. The van der Waals surface area contributed by atoms with Crippen LogP contribution in [0.25, 0.3) is 11.0 Å². The predicted molar refractivity (Wildman–Crippen MR) is 102 cm³/mol. The molecule has 0 fully saturated rings. The van der Waals surface area contributed by atoms with Crippen molar-refractivity contribution in [1.82, 2.24) is 14.9 Å². The van der Waals surface area contributed by atoms with E-state index in [2.05, 4.69) is 27.1 Å². The van der Waals surface area contributed by atoms with E-state index in [1.165, 1.54) is 6.92 Å². The van der Waals surface area contributed by atoms with Crippen molar-refractivity contribution in [2.24, 2.45) is 0 Å². The van der Waals surface area contributed by atoms with Crippen molar-refractivity contribution >= 4 is 28.5 Å². The number of anilines is 1. The quantitative estimate of drug-likeness (QED) is 0.718. The molecular weight excluding hydrogens is 328 g/mol. The molecule has 6 heteroatoms. The lowest BCUT2D eigenvalue weighted by molar-refractivity contribution is -0.120. The Labute approximate surface area is 152 Å². The number of amides is 2. The Hall–Kier alpha value is -3.15. The molecule has 6 nitrogen and oxygen atoms in total. The molecule has 0 bridgehead atoms. The molecule has 1 heterocycles. The molecule has 3 rings (SSSR count). The van der Waals surface area contributed by atoms with Crippen LogP contribution >= 0.6 is 0 Å². The molecule has 0 aliphatic rings. The molecule has 134 valence electrons. The zero-order valence-corrected chi connectivity index (χ0v) is 15.0. The molecule has 2 aromatic carbocycles. The van der Waals surface area contributed by atoms with Crippen LogP contribution in [0.15, 0.2) is 48.5 Å². The van der Waals surface area contributed by atoms with Crippen LogP contribution < -0.4 is 10.6 Å². The molecule has 0 atom stereocenters. The first-order valence-corrected chi connectivity index (χ1v) is 8.64. The number of fused-ring (bicyclic) bond motifs is 1. The Balaban J connectivity index is 1.61. The average molecular weight is 350 g/mol. The lowest BCUT2D eigenvalue weighted by Gasteiger charge is -2.08. The fourth-order valence-corrected chi connectivity index (χ4v) is 2.95. The summed E-state index contributed by atoms with van der Waals surface area (Å²) in [5, 5.41) is 5.64. The molecule has 0 aliphatic heterocycles. The maximum absolute atomic E-state index is 12.2. The number of benzene rings is 2. The van der Waals surface area contributed by atoms with Gasteiger partial charge in [0.1, 0.15) is 5.82 Å². The highest BCUT2D eigenvalue weighted by atomic mass is 16.2. The van der Waals surface area contributed by atoms with E-state index >= 15 is 0 Å². The number of nitrogens with zero attached hydrogens (tertiary/aromatic N) is 2. The van der Waals surface area contributed by atoms with Gasteiger partial charge in [-0.2, -0.15) is 0 Å². The third kappa shape index (κ3) is 4.08. The van der Waals surface area contributed by atoms with E-state index in [-0.39, 0.29) is 18.2 Å². The molecule has 2 N–H and O–H groups in total. The molecule has 0 unspecified atom stereocenters. The van der Waals surface area contributed by atoms with Crippen molar-refractivity contribution in [1.29, 1.82) is 0 Å². The van der Waals surface area contributed by atoms with Gasteiger partial charge in [0.25, 0.3) is 0 Å². The summed E-state index contributed by atoms with van der Waals surface area (Å²) >= 11 is 0. The molecule has 0 radical (unpaired) electrons. The first kappa shape index (κ1) is 17.7. The number of hydrogen-bond donors (Lipinski definition) is 2. The first-order chi connectivity index (χ1) is 12.6. The average Bonchev–Trinajstić information content (AvgIpc) is 2.98. The van der Waals surface area contributed by atoms with Gasteiger partial charge in [-0.15, -0.1) is 0 Å². The van der Waals surface area contributed by atoms with Crippen molar-refractivity contribution in [2.45, 2.75) is 33.4 Å². The summed E-state index contributed by atoms with van der Waals surface area (Å²) in [7, 11) is 0. The standard InChI is InChI=1S/C20H22N4O2/c1-3-24-18-7-5-4-6-17(18)23-19(24)13-21-20(26)12-15-8-10-16(11-9-15)22-14(2)25/h4-11H,3,12-13H2,1-2H3,(H,21,26)(H,22,25). The Morgan fingerprint density at radius 2 is 1.81 bits per heavy atom. The molecule has 1 aromatic heterocycles. The first-order valence-electron chi connectivity index (χ1n) is 8.64. The van der Waals surface area contributed by atoms with Crippen LogP contribution in [0.3, 0.4) is 0 Å². The number of carbonyl (C=O) groups is 2. The number of aryl methyl sites for hydroxylation is 1. The zero-order valence-electron chi connectivity index (χ0n) is 15.0. The smallest absolute Gasteiger partial charge is 0.224 e. The minimum absolute atomic E-state index is 0.0630. The number of aromatic nitrogens is 2. The van der Waals surface area contributed by atoms with Crippen molar-refractivity contribution < 1.29 is 9.59 Å². The van der Waals surface area contributed by atoms with Crippen LogP contribution in [0.4, 0.5) is 5.69 Å². The van der Waals surface area contributed by atoms with Crippen molar-refractivity contribution in [3.63, 3.8) is 0 Å². The van der Waals surface area contributed by atoms with E-state index in [9.17, 15) is 9.59 Å². The van der Waals surface area contributed by atoms with Crippen LogP contribution in [-0.4, -0.2) is 21.4 Å². The fraction of sp³-hybridized carbons (Fsp3) is 0.250. The maximum Gasteiger partial charge on any atom is 0.224 e. The topological polar surface area (TPSA) is 76.0 Å². The van der Waals surface area contributed by atoms with E-state index in [1.54, 1.807) is 12.1 Å². The number of hydrogen-bond acceptors (Lipinski definition) is 3. The molecule has 0 spiro atoms. The van der Waals surface area contributed by atoms with Gasteiger partial charge in [0.15, 0.2) is 0 Å². The van der Waals surface area contributed by atoms with Crippen molar-refractivity contribution in [3.05, 3.63) is 59.9 Å². The van der Waals surface area contributed by atoms with Crippen LogP contribution in [0.2, 0.25) is 0 Å². The summed E-state index contributed by atoms with van der Waals surface area (Å²) < 4.78 is 2.11. The lowest BCUT2D eigenvalue weighted by atomic mass is 10.1. The number of imidazole rings is 1. The minimum atomic E-state index is -0.116. The van der Waals surface area contributed by atoms with Gasteiger partial charge in [0.2, 0.25) is 11.8 Å². The second kappa shape index (κ2) is 7.82. The van der Waals surface area contributed by atoms with Gasteiger partial charge >= 0.3 is 0 Å². The van der Waals surface area contributed by atoms with Crippen LogP contribution in [0.5, 0.6) is 0 Å². The van der Waals surface area contributed by atoms with Gasteiger partial charge in [0, 0.05) is 19.2 Å². The number of nitrogens with one attached hydrogen (secondary N) is 2. The summed E-state index contributed by atoms with van der Waals surface area (Å²) in [5.74, 6) is 0.671. The maximum atomic E-state index is 12.2. The summed E-state index contributed by atoms with van der Waals surface area (Å²) in [6.45, 7) is 4.72. The summed E-state index contributed by atoms with van der Waals surface area (Å²) in [4.78, 5) is 27.9.